The number of hydrogen-bond acceptors (Lipinski definition) is 4. The third kappa shape index (κ3) is 5.64. The van der Waals surface area contributed by atoms with Crippen molar-refractivity contribution >= 4 is 11.6 Å². The number of rotatable bonds is 7. The number of amides is 1. The van der Waals surface area contributed by atoms with E-state index in [0.29, 0.717) is 24.3 Å². The molecule has 0 spiro atoms. The normalized spacial score (nSPS) is 12.0. The summed E-state index contributed by atoms with van der Waals surface area (Å²) in [5, 5.41) is 11.2. The number of carbonyl (C=O) groups excluding carboxylic acids is 1. The number of carbonyl (C=O) groups is 1. The van der Waals surface area contributed by atoms with E-state index in [2.05, 4.69) is 5.32 Å². The first-order valence-electron chi connectivity index (χ1n) is 8.56. The lowest BCUT2D eigenvalue weighted by Crippen LogP contribution is -2.30. The van der Waals surface area contributed by atoms with Gasteiger partial charge in [0.05, 0.1) is 29.5 Å². The molecule has 1 N–H and O–H groups in total. The molecule has 148 valence electrons. The Labute approximate surface area is 160 Å². The SMILES string of the molecule is CCCOc1ccc(C(F)(F)F)cc1NC(=O)C(C)Oc1ccc(C#N)cc1. The molecule has 0 aliphatic rings. The van der Waals surface area contributed by atoms with Crippen LogP contribution in [0.2, 0.25) is 0 Å². The van der Waals surface area contributed by atoms with Gasteiger partial charge in [0, 0.05) is 0 Å². The molecule has 8 heteroatoms. The smallest absolute Gasteiger partial charge is 0.416 e. The zero-order valence-electron chi connectivity index (χ0n) is 15.3. The molecule has 1 unspecified atom stereocenters. The molecule has 1 amide bonds. The van der Waals surface area contributed by atoms with E-state index in [9.17, 15) is 18.0 Å². The van der Waals surface area contributed by atoms with Crippen LogP contribution in [0, 0.1) is 11.3 Å². The highest BCUT2D eigenvalue weighted by Crippen LogP contribution is 2.35. The Balaban J connectivity index is 2.16. The van der Waals surface area contributed by atoms with Gasteiger partial charge in [0.25, 0.3) is 5.91 Å². The lowest BCUT2D eigenvalue weighted by Gasteiger charge is -2.18. The molecule has 0 fully saturated rings. The van der Waals surface area contributed by atoms with Crippen molar-refractivity contribution in [3.63, 3.8) is 0 Å². The summed E-state index contributed by atoms with van der Waals surface area (Å²) in [4.78, 5) is 12.4. The van der Waals surface area contributed by atoms with Gasteiger partial charge in [-0.15, -0.1) is 0 Å². The minimum Gasteiger partial charge on any atom is -0.491 e. The van der Waals surface area contributed by atoms with Crippen LogP contribution in [0.5, 0.6) is 11.5 Å². The molecule has 0 heterocycles. The van der Waals surface area contributed by atoms with E-state index in [1.807, 2.05) is 13.0 Å². The summed E-state index contributed by atoms with van der Waals surface area (Å²) in [5.41, 5.74) is -0.540. The van der Waals surface area contributed by atoms with Gasteiger partial charge in [-0.3, -0.25) is 4.79 Å². The maximum Gasteiger partial charge on any atom is 0.416 e. The number of halogens is 3. The molecule has 28 heavy (non-hydrogen) atoms. The second-order valence-electron chi connectivity index (χ2n) is 5.94. The number of hydrogen-bond donors (Lipinski definition) is 1. The van der Waals surface area contributed by atoms with Gasteiger partial charge in [-0.05, 0) is 55.8 Å². The minimum atomic E-state index is -4.55. The molecule has 0 radical (unpaired) electrons. The quantitative estimate of drug-likeness (QED) is 0.737. The van der Waals surface area contributed by atoms with Gasteiger partial charge in [0.1, 0.15) is 11.5 Å². The first-order chi connectivity index (χ1) is 13.2. The number of benzene rings is 2. The van der Waals surface area contributed by atoms with Gasteiger partial charge in [-0.25, -0.2) is 0 Å². The molecule has 0 saturated heterocycles. The fourth-order valence-corrected chi connectivity index (χ4v) is 2.24. The average molecular weight is 392 g/mol. The number of anilines is 1. The van der Waals surface area contributed by atoms with Crippen molar-refractivity contribution in [3.05, 3.63) is 53.6 Å². The van der Waals surface area contributed by atoms with Crippen LogP contribution in [-0.4, -0.2) is 18.6 Å². The van der Waals surface area contributed by atoms with Crippen molar-refractivity contribution < 1.29 is 27.4 Å². The summed E-state index contributed by atoms with van der Waals surface area (Å²) in [7, 11) is 0. The van der Waals surface area contributed by atoms with Crippen LogP contribution in [0.4, 0.5) is 18.9 Å². The minimum absolute atomic E-state index is 0.0800. The highest BCUT2D eigenvalue weighted by molar-refractivity contribution is 5.95. The Morgan fingerprint density at radius 2 is 1.89 bits per heavy atom. The predicted octanol–water partition coefficient (Wildman–Crippen LogP) is 4.77. The molecule has 1 atom stereocenters. The van der Waals surface area contributed by atoms with Crippen molar-refractivity contribution in [1.29, 1.82) is 5.26 Å². The highest BCUT2D eigenvalue weighted by Gasteiger charge is 2.31. The summed E-state index contributed by atoms with van der Waals surface area (Å²) in [6.07, 6.45) is -4.87. The second kappa shape index (κ2) is 9.13. The molecular formula is C20H19F3N2O3. The molecule has 0 bridgehead atoms. The monoisotopic (exact) mass is 392 g/mol. The molecule has 5 nitrogen and oxygen atoms in total. The average Bonchev–Trinajstić information content (AvgIpc) is 2.66. The van der Waals surface area contributed by atoms with E-state index in [1.165, 1.54) is 37.3 Å². The number of nitriles is 1. The van der Waals surface area contributed by atoms with E-state index in [0.717, 1.165) is 12.1 Å². The molecule has 2 aromatic rings. The van der Waals surface area contributed by atoms with E-state index in [-0.39, 0.29) is 11.4 Å². The van der Waals surface area contributed by atoms with Crippen molar-refractivity contribution in [2.24, 2.45) is 0 Å². The fraction of sp³-hybridized carbons (Fsp3) is 0.300. The highest BCUT2D eigenvalue weighted by atomic mass is 19.4. The van der Waals surface area contributed by atoms with Gasteiger partial charge in [0.15, 0.2) is 6.10 Å². The lowest BCUT2D eigenvalue weighted by atomic mass is 10.1. The summed E-state index contributed by atoms with van der Waals surface area (Å²) < 4.78 is 49.9. The first-order valence-corrected chi connectivity index (χ1v) is 8.56. The van der Waals surface area contributed by atoms with Gasteiger partial charge in [-0.1, -0.05) is 6.92 Å². The number of nitrogens with one attached hydrogen (secondary N) is 1. The van der Waals surface area contributed by atoms with Gasteiger partial charge < -0.3 is 14.8 Å². The van der Waals surface area contributed by atoms with E-state index >= 15 is 0 Å². The summed E-state index contributed by atoms with van der Waals surface area (Å²) in [6, 6.07) is 11.0. The van der Waals surface area contributed by atoms with Crippen molar-refractivity contribution in [3.8, 4) is 17.6 Å². The van der Waals surface area contributed by atoms with Gasteiger partial charge in [-0.2, -0.15) is 18.4 Å². The van der Waals surface area contributed by atoms with E-state index in [1.54, 1.807) is 0 Å². The Morgan fingerprint density at radius 1 is 1.21 bits per heavy atom. The Hall–Kier alpha value is -3.21. The van der Waals surface area contributed by atoms with Crippen LogP contribution < -0.4 is 14.8 Å². The van der Waals surface area contributed by atoms with Crippen LogP contribution in [0.1, 0.15) is 31.4 Å². The predicted molar refractivity (Wildman–Crippen MR) is 97.1 cm³/mol. The van der Waals surface area contributed by atoms with Crippen LogP contribution in [0.25, 0.3) is 0 Å². The zero-order chi connectivity index (χ0) is 20.7. The first kappa shape index (κ1) is 21.1. The molecule has 2 rings (SSSR count). The van der Waals surface area contributed by atoms with Crippen molar-refractivity contribution in [2.45, 2.75) is 32.5 Å². The fourth-order valence-electron chi connectivity index (χ4n) is 2.24. The Morgan fingerprint density at radius 3 is 2.46 bits per heavy atom. The Bertz CT molecular complexity index is 858. The molecular weight excluding hydrogens is 373 g/mol. The van der Waals surface area contributed by atoms with Crippen LogP contribution >= 0.6 is 0 Å². The van der Waals surface area contributed by atoms with Crippen LogP contribution in [0.15, 0.2) is 42.5 Å². The largest absolute Gasteiger partial charge is 0.491 e. The molecule has 0 aromatic heterocycles. The third-order valence-corrected chi connectivity index (χ3v) is 3.69. The number of nitrogens with zero attached hydrogens (tertiary/aromatic N) is 1. The summed E-state index contributed by atoms with van der Waals surface area (Å²) in [5.74, 6) is -0.132. The maximum atomic E-state index is 13.0. The molecule has 2 aromatic carbocycles. The summed E-state index contributed by atoms with van der Waals surface area (Å²) >= 11 is 0. The van der Waals surface area contributed by atoms with Crippen molar-refractivity contribution in [1.82, 2.24) is 0 Å². The third-order valence-electron chi connectivity index (χ3n) is 3.69. The van der Waals surface area contributed by atoms with Crippen LogP contribution in [-0.2, 0) is 11.0 Å². The van der Waals surface area contributed by atoms with Gasteiger partial charge in [0.2, 0.25) is 0 Å². The topological polar surface area (TPSA) is 71.3 Å². The number of alkyl halides is 3. The standard InChI is InChI=1S/C20H19F3N2O3/c1-3-10-27-18-9-6-15(20(21,22)23)11-17(18)25-19(26)13(2)28-16-7-4-14(12-24)5-8-16/h4-9,11,13H,3,10H2,1-2H3,(H,25,26). The molecule has 0 aliphatic carbocycles. The maximum absolute atomic E-state index is 13.0. The molecule has 0 saturated carbocycles. The Kier molecular flexibility index (Phi) is 6.88. The zero-order valence-corrected chi connectivity index (χ0v) is 15.3. The van der Waals surface area contributed by atoms with E-state index < -0.39 is 23.8 Å². The lowest BCUT2D eigenvalue weighted by molar-refractivity contribution is -0.137. The summed E-state index contributed by atoms with van der Waals surface area (Å²) in [6.45, 7) is 3.62. The number of ether oxygens (including phenoxy) is 2. The second-order valence-corrected chi connectivity index (χ2v) is 5.94. The van der Waals surface area contributed by atoms with Crippen molar-refractivity contribution in [2.75, 3.05) is 11.9 Å². The van der Waals surface area contributed by atoms with E-state index in [4.69, 9.17) is 14.7 Å². The van der Waals surface area contributed by atoms with Crippen LogP contribution in [0.3, 0.4) is 0 Å². The van der Waals surface area contributed by atoms with Gasteiger partial charge >= 0.3 is 6.18 Å². The molecule has 0 aliphatic heterocycles.